The summed E-state index contributed by atoms with van der Waals surface area (Å²) < 4.78 is 0. The molecule has 2 nitrogen and oxygen atoms in total. The van der Waals surface area contributed by atoms with Crippen LogP contribution in [0.4, 0.5) is 0 Å². The number of aromatic nitrogens is 1. The zero-order valence-corrected chi connectivity index (χ0v) is 6.31. The molecule has 0 aliphatic heterocycles. The van der Waals surface area contributed by atoms with Crippen LogP contribution < -0.4 is 0 Å². The third-order valence-electron chi connectivity index (χ3n) is 1.14. The third kappa shape index (κ3) is 1.54. The second-order valence-electron chi connectivity index (χ2n) is 2.03. The van der Waals surface area contributed by atoms with Gasteiger partial charge in [0.15, 0.2) is 0 Å². The molecule has 1 heterocycles. The number of nitrogens with zero attached hydrogens (tertiary/aromatic N) is 1. The number of rotatable bonds is 1. The highest BCUT2D eigenvalue weighted by Gasteiger charge is 1.95. The molecule has 0 amide bonds. The molecule has 1 aromatic heterocycles. The van der Waals surface area contributed by atoms with Gasteiger partial charge >= 0.3 is 0 Å². The molecule has 0 spiro atoms. The van der Waals surface area contributed by atoms with E-state index in [0.717, 1.165) is 5.56 Å². The van der Waals surface area contributed by atoms with Gasteiger partial charge in [0.1, 0.15) is 5.17 Å². The van der Waals surface area contributed by atoms with Crippen LogP contribution >= 0.6 is 11.6 Å². The summed E-state index contributed by atoms with van der Waals surface area (Å²) in [5.41, 5.74) is 1.59. The maximum Gasteiger partial charge on any atom is 0.146 e. The lowest BCUT2D eigenvalue weighted by atomic mass is 10.3. The fourth-order valence-corrected chi connectivity index (χ4v) is 0.709. The Bertz CT molecular complexity index is 240. The molecule has 0 radical (unpaired) electrons. The number of hydrogen-bond acceptors (Lipinski definition) is 2. The van der Waals surface area contributed by atoms with Crippen LogP contribution in [0, 0.1) is 12.3 Å². The lowest BCUT2D eigenvalue weighted by Crippen LogP contribution is -1.92. The third-order valence-corrected chi connectivity index (χ3v) is 1.33. The maximum atomic E-state index is 7.01. The molecule has 0 unspecified atom stereocenters. The topological polar surface area (TPSA) is 36.7 Å². The van der Waals surface area contributed by atoms with Crippen molar-refractivity contribution in [3.8, 4) is 0 Å². The number of pyridine rings is 1. The molecule has 0 aromatic carbocycles. The standard InChI is InChI=1S/C7H7ClN2/c1-5-2-3-6(7(8)9)10-4-5/h2-4,9H,1H3. The van der Waals surface area contributed by atoms with Gasteiger partial charge in [-0.05, 0) is 18.6 Å². The SMILES string of the molecule is Cc1ccc(C(=N)Cl)nc1. The van der Waals surface area contributed by atoms with Crippen molar-refractivity contribution in [1.82, 2.24) is 4.98 Å². The zero-order valence-electron chi connectivity index (χ0n) is 5.56. The normalized spacial score (nSPS) is 9.40. The molecule has 52 valence electrons. The van der Waals surface area contributed by atoms with E-state index >= 15 is 0 Å². The minimum absolute atomic E-state index is 0.0139. The Balaban J connectivity index is 3.00. The minimum Gasteiger partial charge on any atom is -0.287 e. The van der Waals surface area contributed by atoms with Crippen LogP contribution in [-0.4, -0.2) is 10.2 Å². The highest BCUT2D eigenvalue weighted by atomic mass is 35.5. The number of aryl methyl sites for hydroxylation is 1. The van der Waals surface area contributed by atoms with Crippen LogP contribution in [-0.2, 0) is 0 Å². The van der Waals surface area contributed by atoms with Gasteiger partial charge in [-0.25, -0.2) is 0 Å². The average molecular weight is 155 g/mol. The molecule has 3 heteroatoms. The maximum absolute atomic E-state index is 7.01. The Labute approximate surface area is 64.4 Å². The summed E-state index contributed by atoms with van der Waals surface area (Å²) >= 11 is 5.38. The van der Waals surface area contributed by atoms with Crippen LogP contribution in [0.1, 0.15) is 11.3 Å². The van der Waals surface area contributed by atoms with Crippen LogP contribution in [0.5, 0.6) is 0 Å². The summed E-state index contributed by atoms with van der Waals surface area (Å²) in [4.78, 5) is 3.92. The van der Waals surface area contributed by atoms with Gasteiger partial charge in [0, 0.05) is 6.20 Å². The molecule has 0 atom stereocenters. The van der Waals surface area contributed by atoms with Crippen molar-refractivity contribution in [2.45, 2.75) is 6.92 Å². The lowest BCUT2D eigenvalue weighted by molar-refractivity contribution is 1.24. The van der Waals surface area contributed by atoms with E-state index < -0.39 is 0 Å². The van der Waals surface area contributed by atoms with Gasteiger partial charge in [0.25, 0.3) is 0 Å². The van der Waals surface area contributed by atoms with E-state index in [1.54, 1.807) is 12.3 Å². The fraction of sp³-hybridized carbons (Fsp3) is 0.143. The van der Waals surface area contributed by atoms with Crippen molar-refractivity contribution in [2.24, 2.45) is 0 Å². The van der Waals surface area contributed by atoms with Crippen LogP contribution in [0.3, 0.4) is 0 Å². The Hall–Kier alpha value is -0.890. The minimum atomic E-state index is -0.0139. The largest absolute Gasteiger partial charge is 0.287 e. The number of hydrogen-bond donors (Lipinski definition) is 1. The first-order valence-electron chi connectivity index (χ1n) is 2.87. The van der Waals surface area contributed by atoms with Crippen molar-refractivity contribution in [3.05, 3.63) is 29.6 Å². The van der Waals surface area contributed by atoms with E-state index in [1.165, 1.54) is 0 Å². The Morgan fingerprint density at radius 2 is 2.30 bits per heavy atom. The lowest BCUT2D eigenvalue weighted by Gasteiger charge is -1.93. The highest BCUT2D eigenvalue weighted by Crippen LogP contribution is 2.00. The summed E-state index contributed by atoms with van der Waals surface area (Å²) in [5, 5.41) is 6.99. The molecule has 0 saturated heterocycles. The summed E-state index contributed by atoms with van der Waals surface area (Å²) in [5.74, 6) is 0. The summed E-state index contributed by atoms with van der Waals surface area (Å²) in [7, 11) is 0. The van der Waals surface area contributed by atoms with E-state index in [0.29, 0.717) is 5.69 Å². The molecule has 0 aliphatic rings. The molecule has 0 aliphatic carbocycles. The molecular weight excluding hydrogens is 148 g/mol. The highest BCUT2D eigenvalue weighted by molar-refractivity contribution is 6.68. The second-order valence-corrected chi connectivity index (χ2v) is 2.41. The van der Waals surface area contributed by atoms with Gasteiger partial charge in [-0.15, -0.1) is 0 Å². The first-order valence-corrected chi connectivity index (χ1v) is 3.25. The van der Waals surface area contributed by atoms with Gasteiger partial charge in [0.2, 0.25) is 0 Å². The smallest absolute Gasteiger partial charge is 0.146 e. The number of nitrogens with one attached hydrogen (secondary N) is 1. The molecule has 0 saturated carbocycles. The fourth-order valence-electron chi connectivity index (χ4n) is 0.598. The van der Waals surface area contributed by atoms with E-state index in [2.05, 4.69) is 4.98 Å². The molecule has 1 rings (SSSR count). The van der Waals surface area contributed by atoms with Gasteiger partial charge in [-0.2, -0.15) is 0 Å². The quantitative estimate of drug-likeness (QED) is 0.617. The van der Waals surface area contributed by atoms with E-state index in [-0.39, 0.29) is 5.17 Å². The average Bonchev–Trinajstić information content (AvgIpc) is 1.88. The molecule has 1 aromatic rings. The van der Waals surface area contributed by atoms with E-state index in [1.807, 2.05) is 13.0 Å². The van der Waals surface area contributed by atoms with Crippen molar-refractivity contribution < 1.29 is 0 Å². The second kappa shape index (κ2) is 2.80. The van der Waals surface area contributed by atoms with Gasteiger partial charge in [-0.3, -0.25) is 10.4 Å². The molecular formula is C7H7ClN2. The monoisotopic (exact) mass is 154 g/mol. The van der Waals surface area contributed by atoms with E-state index in [4.69, 9.17) is 17.0 Å². The molecule has 0 bridgehead atoms. The summed E-state index contributed by atoms with van der Waals surface area (Å²) in [6.07, 6.45) is 1.69. The van der Waals surface area contributed by atoms with Gasteiger partial charge in [-0.1, -0.05) is 17.7 Å². The zero-order chi connectivity index (χ0) is 7.56. The number of halogens is 1. The van der Waals surface area contributed by atoms with Crippen LogP contribution in [0.25, 0.3) is 0 Å². The molecule has 1 N–H and O–H groups in total. The molecule has 10 heavy (non-hydrogen) atoms. The summed E-state index contributed by atoms with van der Waals surface area (Å²) in [6, 6.07) is 3.60. The van der Waals surface area contributed by atoms with E-state index in [9.17, 15) is 0 Å². The summed E-state index contributed by atoms with van der Waals surface area (Å²) in [6.45, 7) is 1.94. The Morgan fingerprint density at radius 1 is 1.60 bits per heavy atom. The van der Waals surface area contributed by atoms with Crippen molar-refractivity contribution in [1.29, 1.82) is 5.41 Å². The van der Waals surface area contributed by atoms with Gasteiger partial charge < -0.3 is 0 Å². The predicted octanol–water partition coefficient (Wildman–Crippen LogP) is 1.95. The van der Waals surface area contributed by atoms with Crippen LogP contribution in [0.2, 0.25) is 0 Å². The van der Waals surface area contributed by atoms with Crippen molar-refractivity contribution in [3.63, 3.8) is 0 Å². The molecule has 0 fully saturated rings. The first kappa shape index (κ1) is 7.22. The van der Waals surface area contributed by atoms with Crippen molar-refractivity contribution in [2.75, 3.05) is 0 Å². The van der Waals surface area contributed by atoms with Crippen molar-refractivity contribution >= 4 is 16.8 Å². The van der Waals surface area contributed by atoms with Gasteiger partial charge in [0.05, 0.1) is 5.69 Å². The Kier molecular flexibility index (Phi) is 2.02. The Morgan fingerprint density at radius 3 is 2.70 bits per heavy atom. The first-order chi connectivity index (χ1) is 4.70. The van der Waals surface area contributed by atoms with Crippen LogP contribution in [0.15, 0.2) is 18.3 Å². The predicted molar refractivity (Wildman–Crippen MR) is 41.7 cm³/mol.